The third kappa shape index (κ3) is 1.17. The molecule has 16 heavy (non-hydrogen) atoms. The van der Waals surface area contributed by atoms with Gasteiger partial charge in [0.1, 0.15) is 0 Å². The molecule has 2 heteroatoms. The molecule has 2 aliphatic carbocycles. The highest BCUT2D eigenvalue weighted by Gasteiger charge is 2.30. The fourth-order valence-corrected chi connectivity index (χ4v) is 2.52. The van der Waals surface area contributed by atoms with Crippen LogP contribution in [0, 0.1) is 5.92 Å². The minimum absolute atomic E-state index is 0.0136. The predicted octanol–water partition coefficient (Wildman–Crippen LogP) is 2.11. The molecule has 0 amide bonds. The molecule has 2 aliphatic rings. The molecule has 0 radical (unpaired) electrons. The summed E-state index contributed by atoms with van der Waals surface area (Å²) in [5, 5.41) is 0. The molecular weight excluding hydrogens is 196 g/mol. The van der Waals surface area contributed by atoms with Gasteiger partial charge in [0.15, 0.2) is 0 Å². The van der Waals surface area contributed by atoms with Crippen LogP contribution in [-0.2, 0) is 0 Å². The summed E-state index contributed by atoms with van der Waals surface area (Å²) < 4.78 is 0. The second-order valence-electron chi connectivity index (χ2n) is 4.25. The highest BCUT2D eigenvalue weighted by atomic mass is 14.7. The van der Waals surface area contributed by atoms with Gasteiger partial charge in [-0.25, -0.2) is 0 Å². The van der Waals surface area contributed by atoms with Gasteiger partial charge in [-0.3, -0.25) is 0 Å². The van der Waals surface area contributed by atoms with Gasteiger partial charge >= 0.3 is 0 Å². The average molecular weight is 210 g/mol. The van der Waals surface area contributed by atoms with E-state index in [9.17, 15) is 0 Å². The zero-order valence-corrected chi connectivity index (χ0v) is 8.93. The molecule has 0 spiro atoms. The monoisotopic (exact) mass is 210 g/mol. The van der Waals surface area contributed by atoms with Gasteiger partial charge in [0.2, 0.25) is 0 Å². The first-order chi connectivity index (χ1) is 7.79. The summed E-state index contributed by atoms with van der Waals surface area (Å²) in [6.45, 7) is 0. The summed E-state index contributed by atoms with van der Waals surface area (Å²) in [5.41, 5.74) is 16.7. The number of hydrogen-bond acceptors (Lipinski definition) is 2. The van der Waals surface area contributed by atoms with Crippen LogP contribution in [0.1, 0.15) is 17.2 Å². The lowest BCUT2D eigenvalue weighted by atomic mass is 9.76. The van der Waals surface area contributed by atoms with Crippen LogP contribution in [0.4, 0.5) is 0 Å². The summed E-state index contributed by atoms with van der Waals surface area (Å²) in [5.74, 6) is 0.222. The van der Waals surface area contributed by atoms with Crippen molar-refractivity contribution in [3.05, 3.63) is 65.3 Å². The minimum atomic E-state index is 0.0136. The average Bonchev–Trinajstić information content (AvgIpc) is 2.36. The Hall–Kier alpha value is -1.80. The fourth-order valence-electron chi connectivity index (χ4n) is 2.52. The molecule has 0 aromatic heterocycles. The number of benzene rings is 1. The smallest absolute Gasteiger partial charge is 0.0430 e. The van der Waals surface area contributed by atoms with Crippen molar-refractivity contribution in [2.75, 3.05) is 0 Å². The van der Waals surface area contributed by atoms with E-state index in [-0.39, 0.29) is 12.0 Å². The lowest BCUT2D eigenvalue weighted by Gasteiger charge is -2.32. The van der Waals surface area contributed by atoms with Crippen LogP contribution >= 0.6 is 0 Å². The molecule has 4 N–H and O–H groups in total. The summed E-state index contributed by atoms with van der Waals surface area (Å²) in [6, 6.07) is 8.14. The number of nitrogens with two attached hydrogens (primary N) is 2. The van der Waals surface area contributed by atoms with Gasteiger partial charge in [-0.1, -0.05) is 48.6 Å². The van der Waals surface area contributed by atoms with E-state index in [2.05, 4.69) is 18.2 Å². The second-order valence-corrected chi connectivity index (χ2v) is 4.25. The van der Waals surface area contributed by atoms with Gasteiger partial charge in [0, 0.05) is 23.2 Å². The van der Waals surface area contributed by atoms with Crippen molar-refractivity contribution in [1.82, 2.24) is 0 Å². The maximum Gasteiger partial charge on any atom is 0.0430 e. The topological polar surface area (TPSA) is 52.0 Å². The van der Waals surface area contributed by atoms with Gasteiger partial charge < -0.3 is 11.5 Å². The Morgan fingerprint density at radius 2 is 1.88 bits per heavy atom. The number of hydrogen-bond donors (Lipinski definition) is 2. The molecule has 3 rings (SSSR count). The molecule has 2 unspecified atom stereocenters. The van der Waals surface area contributed by atoms with Crippen molar-refractivity contribution in [1.29, 1.82) is 0 Å². The van der Waals surface area contributed by atoms with E-state index in [1.807, 2.05) is 30.4 Å². The molecule has 0 fully saturated rings. The van der Waals surface area contributed by atoms with Crippen LogP contribution in [0.25, 0.3) is 5.70 Å². The van der Waals surface area contributed by atoms with E-state index in [0.717, 1.165) is 22.4 Å². The zero-order valence-electron chi connectivity index (χ0n) is 8.93. The molecule has 80 valence electrons. The van der Waals surface area contributed by atoms with E-state index in [4.69, 9.17) is 11.5 Å². The van der Waals surface area contributed by atoms with Crippen LogP contribution in [0.3, 0.4) is 0 Å². The molecule has 1 aromatic rings. The van der Waals surface area contributed by atoms with Crippen LogP contribution in [0.5, 0.6) is 0 Å². The minimum Gasteiger partial charge on any atom is -0.398 e. The highest BCUT2D eigenvalue weighted by molar-refractivity contribution is 5.75. The van der Waals surface area contributed by atoms with Gasteiger partial charge in [-0.15, -0.1) is 0 Å². The molecular formula is C14H14N2. The lowest BCUT2D eigenvalue weighted by Crippen LogP contribution is -2.29. The predicted molar refractivity (Wildman–Crippen MR) is 66.2 cm³/mol. The number of fused-ring (bicyclic) bond motifs is 2. The molecule has 0 saturated heterocycles. The van der Waals surface area contributed by atoms with E-state index in [0.29, 0.717) is 0 Å². The molecule has 0 bridgehead atoms. The molecule has 1 aromatic carbocycles. The van der Waals surface area contributed by atoms with Crippen molar-refractivity contribution in [3.8, 4) is 0 Å². The van der Waals surface area contributed by atoms with E-state index in [1.165, 1.54) is 0 Å². The summed E-state index contributed by atoms with van der Waals surface area (Å²) in [6.07, 6.45) is 8.24. The first-order valence-corrected chi connectivity index (χ1v) is 5.48. The Morgan fingerprint density at radius 3 is 2.75 bits per heavy atom. The van der Waals surface area contributed by atoms with E-state index < -0.39 is 0 Å². The number of rotatable bonds is 0. The second kappa shape index (κ2) is 3.35. The van der Waals surface area contributed by atoms with Gasteiger partial charge in [-0.05, 0) is 11.1 Å². The van der Waals surface area contributed by atoms with Crippen LogP contribution in [0.2, 0.25) is 0 Å². The van der Waals surface area contributed by atoms with Crippen LogP contribution in [0.15, 0.2) is 54.1 Å². The largest absolute Gasteiger partial charge is 0.398 e. The van der Waals surface area contributed by atoms with Crippen LogP contribution in [-0.4, -0.2) is 0 Å². The van der Waals surface area contributed by atoms with Gasteiger partial charge in [-0.2, -0.15) is 0 Å². The Balaban J connectivity index is 2.26. The maximum absolute atomic E-state index is 6.29. The summed E-state index contributed by atoms with van der Waals surface area (Å²) in [7, 11) is 0. The molecule has 0 saturated carbocycles. The Kier molecular flexibility index (Phi) is 1.98. The van der Waals surface area contributed by atoms with Crippen molar-refractivity contribution >= 4 is 5.70 Å². The van der Waals surface area contributed by atoms with Gasteiger partial charge in [0.05, 0.1) is 0 Å². The Labute approximate surface area is 95.0 Å². The first-order valence-electron chi connectivity index (χ1n) is 5.48. The van der Waals surface area contributed by atoms with Crippen molar-refractivity contribution in [2.45, 2.75) is 6.04 Å². The summed E-state index contributed by atoms with van der Waals surface area (Å²) >= 11 is 0. The summed E-state index contributed by atoms with van der Waals surface area (Å²) in [4.78, 5) is 0. The van der Waals surface area contributed by atoms with Crippen molar-refractivity contribution in [3.63, 3.8) is 0 Å². The fraction of sp³-hybridized carbons (Fsp3) is 0.143. The third-order valence-corrected chi connectivity index (χ3v) is 3.37. The maximum atomic E-state index is 6.29. The number of allylic oxidation sites excluding steroid dienone is 3. The normalized spacial score (nSPS) is 26.6. The standard InChI is InChI=1S/C14H14N2/c15-13-9-5-1-2-6-10(9)14(16)12-8-4-3-7-11(12)13/h1-9,13H,15-16H2. The SMILES string of the molecule is NC1=C2C=CC=CC2C(N)c2ccccc21. The zero-order chi connectivity index (χ0) is 11.1. The third-order valence-electron chi connectivity index (χ3n) is 3.37. The molecule has 2 atom stereocenters. The van der Waals surface area contributed by atoms with Crippen molar-refractivity contribution in [2.24, 2.45) is 17.4 Å². The molecule has 2 nitrogen and oxygen atoms in total. The first kappa shape index (κ1) is 9.43. The Bertz CT molecular complexity index is 523. The highest BCUT2D eigenvalue weighted by Crippen LogP contribution is 2.40. The van der Waals surface area contributed by atoms with Crippen molar-refractivity contribution < 1.29 is 0 Å². The molecule has 0 heterocycles. The quantitative estimate of drug-likeness (QED) is 0.689. The molecule has 0 aliphatic heterocycles. The van der Waals surface area contributed by atoms with Gasteiger partial charge in [0.25, 0.3) is 0 Å². The Morgan fingerprint density at radius 1 is 1.06 bits per heavy atom. The van der Waals surface area contributed by atoms with E-state index in [1.54, 1.807) is 0 Å². The lowest BCUT2D eigenvalue weighted by molar-refractivity contribution is 0.587. The van der Waals surface area contributed by atoms with E-state index >= 15 is 0 Å². The van der Waals surface area contributed by atoms with Crippen LogP contribution < -0.4 is 11.5 Å².